The van der Waals surface area contributed by atoms with Crippen LogP contribution in [0.3, 0.4) is 0 Å². The average molecular weight is 426 g/mol. The van der Waals surface area contributed by atoms with Gasteiger partial charge < -0.3 is 18.9 Å². The van der Waals surface area contributed by atoms with E-state index in [1.54, 1.807) is 12.5 Å². The first-order chi connectivity index (χ1) is 15.8. The summed E-state index contributed by atoms with van der Waals surface area (Å²) in [5, 5.41) is 10.5. The summed E-state index contributed by atoms with van der Waals surface area (Å²) in [4.78, 5) is 22.9. The number of aromatic amines is 1. The van der Waals surface area contributed by atoms with E-state index in [-0.39, 0.29) is 7.47 Å². The fourth-order valence-corrected chi connectivity index (χ4v) is 4.64. The Hall–Kier alpha value is -4.19. The van der Waals surface area contributed by atoms with E-state index in [1.807, 2.05) is 30.6 Å². The van der Waals surface area contributed by atoms with E-state index in [0.717, 1.165) is 47.3 Å². The van der Waals surface area contributed by atoms with Crippen LogP contribution in [-0.2, 0) is 0 Å². The van der Waals surface area contributed by atoms with Crippen molar-refractivity contribution in [3.8, 4) is 17.3 Å². The summed E-state index contributed by atoms with van der Waals surface area (Å²) in [5.74, 6) is 0.301. The van der Waals surface area contributed by atoms with Gasteiger partial charge in [0, 0.05) is 50.3 Å². The van der Waals surface area contributed by atoms with Crippen molar-refractivity contribution in [2.75, 3.05) is 18.0 Å². The molecule has 160 valence electrons. The van der Waals surface area contributed by atoms with Crippen LogP contribution in [0.25, 0.3) is 33.5 Å². The van der Waals surface area contributed by atoms with E-state index >= 15 is 0 Å². The second-order valence-electron chi connectivity index (χ2n) is 8.06. The van der Waals surface area contributed by atoms with Gasteiger partial charge in [0.15, 0.2) is 0 Å². The number of nitriles is 1. The molecule has 0 aromatic carbocycles. The van der Waals surface area contributed by atoms with Gasteiger partial charge in [-0.05, 0) is 36.6 Å². The summed E-state index contributed by atoms with van der Waals surface area (Å²) in [5.41, 5.74) is 4.03. The van der Waals surface area contributed by atoms with Crippen LogP contribution in [0.5, 0.6) is 0 Å². The number of nitrogens with zero attached hydrogens (tertiary/aromatic N) is 7. The van der Waals surface area contributed by atoms with Gasteiger partial charge in [0.25, 0.3) is 6.01 Å². The van der Waals surface area contributed by atoms with Crippen LogP contribution >= 0.6 is 0 Å². The van der Waals surface area contributed by atoms with Gasteiger partial charge in [-0.1, -0.05) is 0 Å². The molecule has 5 aromatic heterocycles. The maximum atomic E-state index is 9.53. The first kappa shape index (κ1) is 18.6. The molecule has 0 spiro atoms. The average Bonchev–Trinajstić information content (AvgIpc) is 3.61. The molecule has 0 saturated carbocycles. The molecule has 1 N–H and O–H groups in total. The molecule has 1 aliphatic rings. The van der Waals surface area contributed by atoms with Crippen LogP contribution in [0, 0.1) is 17.2 Å². The Kier molecular flexibility index (Phi) is 4.35. The van der Waals surface area contributed by atoms with Gasteiger partial charge in [-0.25, -0.2) is 15.0 Å². The monoisotopic (exact) mass is 426 g/mol. The number of pyridine rings is 1. The van der Waals surface area contributed by atoms with Gasteiger partial charge in [0.1, 0.15) is 17.5 Å². The summed E-state index contributed by atoms with van der Waals surface area (Å²) in [6, 6.07) is 10.8. The highest BCUT2D eigenvalue weighted by Crippen LogP contribution is 2.35. The Morgan fingerprint density at radius 1 is 1.28 bits per heavy atom. The van der Waals surface area contributed by atoms with Crippen LogP contribution in [0.1, 0.15) is 20.3 Å². The number of aromatic nitrogens is 6. The predicted molar refractivity (Wildman–Crippen MR) is 121 cm³/mol. The highest BCUT2D eigenvalue weighted by molar-refractivity contribution is 5.90. The summed E-state index contributed by atoms with van der Waals surface area (Å²) in [6.07, 6.45) is 10.7. The van der Waals surface area contributed by atoms with E-state index < -0.39 is 0 Å². The number of anilines is 1. The number of fused-ring (bicyclic) bond motifs is 2. The minimum absolute atomic E-state index is 0. The van der Waals surface area contributed by atoms with E-state index in [2.05, 4.69) is 52.7 Å². The fraction of sp³-hybridized carbons (Fsp3) is 0.261. The number of hydrogen-bond acceptors (Lipinski definition) is 7. The largest absolute Gasteiger partial charge is 0.404 e. The number of hydrogen-bond donors (Lipinski definition) is 1. The lowest BCUT2D eigenvalue weighted by atomic mass is 9.96. The van der Waals surface area contributed by atoms with Crippen LogP contribution < -0.4 is 4.90 Å². The zero-order valence-corrected chi connectivity index (χ0v) is 17.2. The van der Waals surface area contributed by atoms with Crippen molar-refractivity contribution in [3.05, 3.63) is 55.4 Å². The molecule has 1 saturated heterocycles. The van der Waals surface area contributed by atoms with E-state index in [4.69, 9.17) is 4.42 Å². The highest BCUT2D eigenvalue weighted by atomic mass is 16.4. The van der Waals surface area contributed by atoms with Crippen molar-refractivity contribution in [1.29, 1.82) is 5.26 Å². The van der Waals surface area contributed by atoms with Crippen molar-refractivity contribution in [3.63, 3.8) is 0 Å². The third-order valence-corrected chi connectivity index (χ3v) is 6.22. The zero-order valence-electron chi connectivity index (χ0n) is 17.2. The molecule has 0 aliphatic carbocycles. The Balaban J connectivity index is 0.00000228. The normalized spacial score (nSPS) is 17.2. The molecule has 2 unspecified atom stereocenters. The van der Waals surface area contributed by atoms with Crippen molar-refractivity contribution in [1.82, 2.24) is 29.5 Å². The lowest BCUT2D eigenvalue weighted by Gasteiger charge is -2.23. The Morgan fingerprint density at radius 3 is 3.16 bits per heavy atom. The second-order valence-corrected chi connectivity index (χ2v) is 8.06. The molecule has 9 nitrogen and oxygen atoms in total. The minimum atomic E-state index is 0. The first-order valence-corrected chi connectivity index (χ1v) is 10.6. The molecule has 1 aliphatic heterocycles. The van der Waals surface area contributed by atoms with E-state index in [9.17, 15) is 5.26 Å². The Bertz CT molecular complexity index is 1410. The molecule has 0 radical (unpaired) electrons. The van der Waals surface area contributed by atoms with Crippen LogP contribution in [0.2, 0.25) is 0 Å². The van der Waals surface area contributed by atoms with Gasteiger partial charge in [0.2, 0.25) is 5.71 Å². The zero-order chi connectivity index (χ0) is 21.5. The van der Waals surface area contributed by atoms with Crippen LogP contribution in [0.4, 0.5) is 6.01 Å². The van der Waals surface area contributed by atoms with Crippen molar-refractivity contribution >= 4 is 28.3 Å². The summed E-state index contributed by atoms with van der Waals surface area (Å²) >= 11 is 0. The molecule has 5 aromatic rings. The topological polar surface area (TPSA) is 112 Å². The summed E-state index contributed by atoms with van der Waals surface area (Å²) < 4.78 is 8.01. The van der Waals surface area contributed by atoms with Gasteiger partial charge >= 0.3 is 0 Å². The van der Waals surface area contributed by atoms with Crippen molar-refractivity contribution in [2.45, 2.75) is 18.9 Å². The maximum absolute atomic E-state index is 9.53. The smallest absolute Gasteiger partial charge is 0.299 e. The molecule has 1 fully saturated rings. The van der Waals surface area contributed by atoms with E-state index in [1.165, 1.54) is 0 Å². The molecule has 6 heterocycles. The molecule has 9 heteroatoms. The maximum Gasteiger partial charge on any atom is 0.299 e. The van der Waals surface area contributed by atoms with Gasteiger partial charge in [-0.3, -0.25) is 0 Å². The number of nitrogens with one attached hydrogen (secondary N) is 1. The molecule has 32 heavy (non-hydrogen) atoms. The number of rotatable bonds is 5. The lowest BCUT2D eigenvalue weighted by Crippen LogP contribution is -2.24. The third-order valence-electron chi connectivity index (χ3n) is 6.22. The predicted octanol–water partition coefficient (Wildman–Crippen LogP) is 4.19. The second kappa shape index (κ2) is 7.50. The van der Waals surface area contributed by atoms with Crippen LogP contribution in [-0.4, -0.2) is 42.6 Å². The molecule has 6 rings (SSSR count). The fourth-order valence-electron chi connectivity index (χ4n) is 4.64. The number of H-pyrrole nitrogens is 1. The summed E-state index contributed by atoms with van der Waals surface area (Å²) in [7, 11) is 0. The SMILES string of the molecule is N#CCC(C1CCN(c2nc3cccnc3o2)C1)n1ccc(-c2ncnc3[nH]ccc23)c1.[HH]. The standard InChI is InChI=1S/C23H20N8O.H2/c24-7-3-19(15-5-11-31(12-15)23-29-18-2-1-8-26-22(18)32-23)30-10-6-16(13-30)20-17-4-9-25-21(17)28-14-27-20;/h1-2,4,6,8-10,13-15,19H,3,5,11-12H2,(H,25,27,28);1H. The Labute approximate surface area is 184 Å². The molecule has 2 atom stereocenters. The van der Waals surface area contributed by atoms with Crippen molar-refractivity contribution in [2.24, 2.45) is 5.92 Å². The number of oxazole rings is 1. The highest BCUT2D eigenvalue weighted by Gasteiger charge is 2.32. The minimum Gasteiger partial charge on any atom is -0.404 e. The third kappa shape index (κ3) is 3.08. The lowest BCUT2D eigenvalue weighted by molar-refractivity contribution is 0.359. The molecule has 0 amide bonds. The van der Waals surface area contributed by atoms with Gasteiger partial charge in [0.05, 0.1) is 24.2 Å². The van der Waals surface area contributed by atoms with E-state index in [0.29, 0.717) is 24.1 Å². The molecule has 0 bridgehead atoms. The molecular formula is C23H22N8O. The summed E-state index contributed by atoms with van der Waals surface area (Å²) in [6.45, 7) is 1.62. The molecular weight excluding hydrogens is 404 g/mol. The van der Waals surface area contributed by atoms with Crippen molar-refractivity contribution < 1.29 is 5.84 Å². The van der Waals surface area contributed by atoms with Crippen LogP contribution in [0.15, 0.2) is 59.8 Å². The first-order valence-electron chi connectivity index (χ1n) is 10.6. The Morgan fingerprint density at radius 2 is 2.25 bits per heavy atom. The van der Waals surface area contributed by atoms with Gasteiger partial charge in [-0.2, -0.15) is 10.2 Å². The quantitative estimate of drug-likeness (QED) is 0.448. The van der Waals surface area contributed by atoms with Gasteiger partial charge in [-0.15, -0.1) is 0 Å².